The fraction of sp³-hybridized carbons (Fsp3) is 0.182. The van der Waals surface area contributed by atoms with Crippen molar-refractivity contribution in [1.82, 2.24) is 19.2 Å². The van der Waals surface area contributed by atoms with Gasteiger partial charge in [-0.1, -0.05) is 17.7 Å². The van der Waals surface area contributed by atoms with Gasteiger partial charge in [0.05, 0.1) is 5.02 Å². The molecule has 0 aliphatic rings. The van der Waals surface area contributed by atoms with Gasteiger partial charge in [-0.15, -0.1) is 10.2 Å². The van der Waals surface area contributed by atoms with Crippen molar-refractivity contribution >= 4 is 28.8 Å². The first-order valence-electron chi connectivity index (χ1n) is 9.61. The molecule has 0 atom stereocenters. The number of rotatable bonds is 5. The lowest BCUT2D eigenvalue weighted by Crippen LogP contribution is -2.20. The van der Waals surface area contributed by atoms with Crippen molar-refractivity contribution in [2.75, 3.05) is 5.32 Å². The minimum atomic E-state index is -0.555. The van der Waals surface area contributed by atoms with Gasteiger partial charge in [0.2, 0.25) is 11.6 Å². The van der Waals surface area contributed by atoms with Crippen LogP contribution in [0.3, 0.4) is 0 Å². The molecule has 0 saturated carbocycles. The number of anilines is 1. The van der Waals surface area contributed by atoms with E-state index in [1.807, 2.05) is 32.0 Å². The van der Waals surface area contributed by atoms with Crippen LogP contribution in [0.4, 0.5) is 10.1 Å². The molecule has 31 heavy (non-hydrogen) atoms. The molecule has 9 heteroatoms. The summed E-state index contributed by atoms with van der Waals surface area (Å²) in [5.41, 5.74) is 3.26. The maximum Gasteiger partial charge on any atom is 0.300 e. The van der Waals surface area contributed by atoms with Gasteiger partial charge in [0.1, 0.15) is 11.6 Å². The molecule has 0 spiro atoms. The van der Waals surface area contributed by atoms with Crippen molar-refractivity contribution in [2.24, 2.45) is 0 Å². The molecule has 7 nitrogen and oxygen atoms in total. The highest BCUT2D eigenvalue weighted by Crippen LogP contribution is 2.19. The Hall–Kier alpha value is -3.52. The van der Waals surface area contributed by atoms with E-state index in [0.717, 1.165) is 16.8 Å². The van der Waals surface area contributed by atoms with Gasteiger partial charge in [-0.2, -0.15) is 0 Å². The van der Waals surface area contributed by atoms with E-state index in [4.69, 9.17) is 11.6 Å². The number of hydrogen-bond donors (Lipinski definition) is 1. The summed E-state index contributed by atoms with van der Waals surface area (Å²) in [7, 11) is 0. The Kier molecular flexibility index (Phi) is 5.56. The Morgan fingerprint density at radius 1 is 1.10 bits per heavy atom. The first kappa shape index (κ1) is 20.7. The van der Waals surface area contributed by atoms with Crippen LogP contribution in [0.15, 0.2) is 53.6 Å². The highest BCUT2D eigenvalue weighted by Gasteiger charge is 2.14. The summed E-state index contributed by atoms with van der Waals surface area (Å²) in [5, 5.41) is 10.7. The van der Waals surface area contributed by atoms with Crippen LogP contribution in [0.5, 0.6) is 0 Å². The SMILES string of the molecule is Cc1ccc(-n2ccn3c(CCC(=O)Nc4ccc(F)c(Cl)c4)nnc3c2=O)cc1C. The fourth-order valence-corrected chi connectivity index (χ4v) is 3.39. The predicted octanol–water partition coefficient (Wildman–Crippen LogP) is 3.86. The molecule has 0 saturated heterocycles. The topological polar surface area (TPSA) is 81.3 Å². The molecule has 0 fully saturated rings. The molecule has 2 aromatic carbocycles. The molecule has 158 valence electrons. The van der Waals surface area contributed by atoms with Crippen LogP contribution >= 0.6 is 11.6 Å². The van der Waals surface area contributed by atoms with E-state index in [1.165, 1.54) is 22.8 Å². The smallest absolute Gasteiger partial charge is 0.300 e. The molecule has 1 N–H and O–H groups in total. The number of carbonyl (C=O) groups is 1. The number of carbonyl (C=O) groups excluding carboxylic acids is 1. The van der Waals surface area contributed by atoms with E-state index in [2.05, 4.69) is 15.5 Å². The molecule has 0 radical (unpaired) electrons. The summed E-state index contributed by atoms with van der Waals surface area (Å²) in [6, 6.07) is 9.74. The Labute approximate surface area is 182 Å². The lowest BCUT2D eigenvalue weighted by molar-refractivity contribution is -0.116. The van der Waals surface area contributed by atoms with Gasteiger partial charge >= 0.3 is 5.56 Å². The summed E-state index contributed by atoms with van der Waals surface area (Å²) in [4.78, 5) is 25.1. The van der Waals surface area contributed by atoms with Gasteiger partial charge in [0.15, 0.2) is 0 Å². The van der Waals surface area contributed by atoms with Gasteiger partial charge in [0.25, 0.3) is 0 Å². The van der Waals surface area contributed by atoms with Crippen molar-refractivity contribution < 1.29 is 9.18 Å². The Morgan fingerprint density at radius 3 is 2.65 bits per heavy atom. The highest BCUT2D eigenvalue weighted by molar-refractivity contribution is 6.31. The third-order valence-electron chi connectivity index (χ3n) is 5.09. The number of aromatic nitrogens is 4. The van der Waals surface area contributed by atoms with Crippen molar-refractivity contribution in [1.29, 1.82) is 0 Å². The zero-order valence-electron chi connectivity index (χ0n) is 16.9. The second kappa shape index (κ2) is 8.31. The van der Waals surface area contributed by atoms with Gasteiger partial charge in [0, 0.05) is 36.6 Å². The monoisotopic (exact) mass is 439 g/mol. The summed E-state index contributed by atoms with van der Waals surface area (Å²) in [6.07, 6.45) is 3.75. The summed E-state index contributed by atoms with van der Waals surface area (Å²) < 4.78 is 16.3. The number of fused-ring (bicyclic) bond motifs is 1. The number of amides is 1. The molecule has 0 aliphatic heterocycles. The largest absolute Gasteiger partial charge is 0.326 e. The third kappa shape index (κ3) is 4.20. The van der Waals surface area contributed by atoms with E-state index in [-0.39, 0.29) is 35.0 Å². The van der Waals surface area contributed by atoms with E-state index in [1.54, 1.807) is 16.8 Å². The van der Waals surface area contributed by atoms with Crippen LogP contribution < -0.4 is 10.9 Å². The number of aryl methyl sites for hydroxylation is 3. The first-order valence-corrected chi connectivity index (χ1v) is 9.99. The van der Waals surface area contributed by atoms with Gasteiger partial charge < -0.3 is 5.32 Å². The van der Waals surface area contributed by atoms with E-state index >= 15 is 0 Å². The highest BCUT2D eigenvalue weighted by atomic mass is 35.5. The Bertz CT molecular complexity index is 1360. The van der Waals surface area contributed by atoms with Gasteiger partial charge in [-0.3, -0.25) is 18.6 Å². The molecular weight excluding hydrogens is 421 g/mol. The van der Waals surface area contributed by atoms with E-state index in [0.29, 0.717) is 11.5 Å². The minimum absolute atomic E-state index is 0.0682. The Balaban J connectivity index is 1.52. The van der Waals surface area contributed by atoms with Crippen LogP contribution in [0, 0.1) is 19.7 Å². The lowest BCUT2D eigenvalue weighted by atomic mass is 10.1. The van der Waals surface area contributed by atoms with E-state index in [9.17, 15) is 14.0 Å². The molecule has 4 aromatic rings. The molecule has 0 bridgehead atoms. The number of halogens is 2. The number of hydrogen-bond acceptors (Lipinski definition) is 4. The van der Waals surface area contributed by atoms with Crippen molar-refractivity contribution in [2.45, 2.75) is 26.7 Å². The third-order valence-corrected chi connectivity index (χ3v) is 5.38. The van der Waals surface area contributed by atoms with Crippen LogP contribution in [0.25, 0.3) is 11.3 Å². The van der Waals surface area contributed by atoms with Gasteiger partial charge in [-0.25, -0.2) is 4.39 Å². The molecule has 4 rings (SSSR count). The molecule has 2 aromatic heterocycles. The molecule has 0 aliphatic carbocycles. The molecule has 0 unspecified atom stereocenters. The fourth-order valence-electron chi connectivity index (χ4n) is 3.21. The average molecular weight is 440 g/mol. The maximum atomic E-state index is 13.2. The summed E-state index contributed by atoms with van der Waals surface area (Å²) in [6.45, 7) is 4.00. The van der Waals surface area contributed by atoms with E-state index < -0.39 is 5.82 Å². The molecule has 2 heterocycles. The average Bonchev–Trinajstić information content (AvgIpc) is 3.16. The zero-order chi connectivity index (χ0) is 22.1. The zero-order valence-corrected chi connectivity index (χ0v) is 17.7. The number of benzene rings is 2. The van der Waals surface area contributed by atoms with Gasteiger partial charge in [-0.05, 0) is 55.3 Å². The lowest BCUT2D eigenvalue weighted by Gasteiger charge is -2.09. The second-order valence-electron chi connectivity index (χ2n) is 7.23. The second-order valence-corrected chi connectivity index (χ2v) is 7.64. The maximum absolute atomic E-state index is 13.2. The number of nitrogens with one attached hydrogen (secondary N) is 1. The van der Waals surface area contributed by atoms with Crippen molar-refractivity contribution in [3.63, 3.8) is 0 Å². The standard InChI is InChI=1S/C22H19ClFN5O2/c1-13-3-5-16(11-14(13)2)28-9-10-29-19(26-27-21(29)22(28)31)7-8-20(30)25-15-4-6-18(24)17(23)12-15/h3-6,9-12H,7-8H2,1-2H3,(H,25,30). The molecular formula is C22H19ClFN5O2. The first-order chi connectivity index (χ1) is 14.8. The summed E-state index contributed by atoms with van der Waals surface area (Å²) >= 11 is 5.73. The molecule has 1 amide bonds. The number of nitrogens with zero attached hydrogens (tertiary/aromatic N) is 4. The van der Waals surface area contributed by atoms with Crippen molar-refractivity contribution in [3.8, 4) is 5.69 Å². The van der Waals surface area contributed by atoms with Crippen LogP contribution in [-0.4, -0.2) is 25.1 Å². The minimum Gasteiger partial charge on any atom is -0.326 e. The summed E-state index contributed by atoms with van der Waals surface area (Å²) in [5.74, 6) is -0.351. The van der Waals surface area contributed by atoms with Crippen LogP contribution in [0.1, 0.15) is 23.4 Å². The Morgan fingerprint density at radius 2 is 1.90 bits per heavy atom. The predicted molar refractivity (Wildman–Crippen MR) is 116 cm³/mol. The van der Waals surface area contributed by atoms with Crippen LogP contribution in [0.2, 0.25) is 5.02 Å². The van der Waals surface area contributed by atoms with Crippen molar-refractivity contribution in [3.05, 3.63) is 86.9 Å². The quantitative estimate of drug-likeness (QED) is 0.512. The normalized spacial score (nSPS) is 11.1. The van der Waals surface area contributed by atoms with Crippen LogP contribution in [-0.2, 0) is 11.2 Å².